The van der Waals surface area contributed by atoms with Gasteiger partial charge in [0.25, 0.3) is 5.91 Å². The third-order valence-corrected chi connectivity index (χ3v) is 5.97. The first kappa shape index (κ1) is 20.4. The first-order chi connectivity index (χ1) is 15.7. The third-order valence-electron chi connectivity index (χ3n) is 5.67. The van der Waals surface area contributed by atoms with Crippen molar-refractivity contribution in [2.45, 2.75) is 6.42 Å². The van der Waals surface area contributed by atoms with Gasteiger partial charge in [0.05, 0.1) is 16.6 Å². The number of benzene rings is 2. The molecule has 0 spiro atoms. The van der Waals surface area contributed by atoms with Crippen LogP contribution in [0.5, 0.6) is 0 Å². The van der Waals surface area contributed by atoms with Gasteiger partial charge in [0.2, 0.25) is 0 Å². The van der Waals surface area contributed by atoms with E-state index in [1.54, 1.807) is 18.3 Å². The number of rotatable bonds is 3. The molecule has 0 unspecified atom stereocenters. The van der Waals surface area contributed by atoms with Crippen molar-refractivity contribution < 1.29 is 4.79 Å². The second-order valence-corrected chi connectivity index (χ2v) is 8.08. The zero-order valence-electron chi connectivity index (χ0n) is 17.5. The molecule has 0 aliphatic carbocycles. The highest BCUT2D eigenvalue weighted by atomic mass is 35.5. The molecule has 0 radical (unpaired) electrons. The predicted octanol–water partition coefficient (Wildman–Crippen LogP) is 4.70. The van der Waals surface area contributed by atoms with Gasteiger partial charge in [0, 0.05) is 37.9 Å². The fraction of sp³-hybridized carbons (Fsp3) is 0.200. The lowest BCUT2D eigenvalue weighted by Crippen LogP contribution is -2.35. The molecular weight excluding hydrogens is 422 g/mol. The maximum absolute atomic E-state index is 13.0. The molecule has 1 saturated heterocycles. The van der Waals surface area contributed by atoms with Crippen LogP contribution < -0.4 is 4.90 Å². The van der Waals surface area contributed by atoms with Crippen LogP contribution >= 0.6 is 11.6 Å². The van der Waals surface area contributed by atoms with E-state index in [0.717, 1.165) is 41.1 Å². The molecule has 7 heteroatoms. The standard InChI is InChI=1S/C25H22ClN5O/c26-23-19(10-6-13-27-23)25(32)31-15-7-14-30(16-17-31)24-22(18-8-2-1-3-9-18)28-20-11-4-5-12-21(20)29-24/h1-6,8-13H,7,14-17H2. The van der Waals surface area contributed by atoms with Gasteiger partial charge in [-0.15, -0.1) is 0 Å². The monoisotopic (exact) mass is 443 g/mol. The van der Waals surface area contributed by atoms with Crippen molar-refractivity contribution in [1.29, 1.82) is 0 Å². The smallest absolute Gasteiger partial charge is 0.257 e. The van der Waals surface area contributed by atoms with Crippen LogP contribution in [0.2, 0.25) is 5.15 Å². The highest BCUT2D eigenvalue weighted by Gasteiger charge is 2.25. The fourth-order valence-electron chi connectivity index (χ4n) is 4.05. The van der Waals surface area contributed by atoms with E-state index in [2.05, 4.69) is 22.0 Å². The van der Waals surface area contributed by atoms with Gasteiger partial charge in [-0.25, -0.2) is 15.0 Å². The van der Waals surface area contributed by atoms with Crippen LogP contribution in [-0.2, 0) is 0 Å². The maximum atomic E-state index is 13.0. The van der Waals surface area contributed by atoms with Gasteiger partial charge in [-0.2, -0.15) is 0 Å². The van der Waals surface area contributed by atoms with Gasteiger partial charge in [-0.3, -0.25) is 4.79 Å². The molecule has 0 bridgehead atoms. The lowest BCUT2D eigenvalue weighted by molar-refractivity contribution is 0.0767. The molecule has 1 amide bonds. The molecule has 1 aliphatic heterocycles. The van der Waals surface area contributed by atoms with Crippen LogP contribution in [0.3, 0.4) is 0 Å². The highest BCUT2D eigenvalue weighted by Crippen LogP contribution is 2.30. The number of para-hydroxylation sites is 2. The van der Waals surface area contributed by atoms with Crippen LogP contribution in [0, 0.1) is 0 Å². The minimum Gasteiger partial charge on any atom is -0.353 e. The normalized spacial score (nSPS) is 14.4. The van der Waals surface area contributed by atoms with Crippen molar-refractivity contribution in [3.63, 3.8) is 0 Å². The second kappa shape index (κ2) is 8.93. The second-order valence-electron chi connectivity index (χ2n) is 7.73. The van der Waals surface area contributed by atoms with E-state index in [0.29, 0.717) is 25.2 Å². The fourth-order valence-corrected chi connectivity index (χ4v) is 4.25. The van der Waals surface area contributed by atoms with E-state index >= 15 is 0 Å². The molecule has 1 fully saturated rings. The molecule has 5 rings (SSSR count). The average molecular weight is 444 g/mol. The SMILES string of the molecule is O=C(c1cccnc1Cl)N1CCCN(c2nc3ccccc3nc2-c2ccccc2)CC1. The molecule has 2 aromatic carbocycles. The Morgan fingerprint density at radius 3 is 2.34 bits per heavy atom. The minimum atomic E-state index is -0.0853. The summed E-state index contributed by atoms with van der Waals surface area (Å²) in [5.74, 6) is 0.765. The van der Waals surface area contributed by atoms with Crippen molar-refractivity contribution >= 4 is 34.4 Å². The molecule has 32 heavy (non-hydrogen) atoms. The summed E-state index contributed by atoms with van der Waals surface area (Å²) in [4.78, 5) is 31.1. The molecule has 160 valence electrons. The molecule has 0 saturated carbocycles. The number of amides is 1. The van der Waals surface area contributed by atoms with Crippen molar-refractivity contribution in [2.75, 3.05) is 31.1 Å². The first-order valence-corrected chi connectivity index (χ1v) is 11.1. The molecule has 3 heterocycles. The predicted molar refractivity (Wildman–Crippen MR) is 127 cm³/mol. The molecule has 6 nitrogen and oxygen atoms in total. The Kier molecular flexibility index (Phi) is 5.69. The van der Waals surface area contributed by atoms with Crippen LogP contribution in [0.25, 0.3) is 22.3 Å². The van der Waals surface area contributed by atoms with E-state index in [-0.39, 0.29) is 11.1 Å². The van der Waals surface area contributed by atoms with Crippen molar-refractivity contribution in [1.82, 2.24) is 19.9 Å². The van der Waals surface area contributed by atoms with Crippen LogP contribution in [0.4, 0.5) is 5.82 Å². The van der Waals surface area contributed by atoms with E-state index in [1.165, 1.54) is 0 Å². The number of aromatic nitrogens is 3. The Hall–Kier alpha value is -3.51. The number of hydrogen-bond donors (Lipinski definition) is 0. The number of fused-ring (bicyclic) bond motifs is 1. The summed E-state index contributed by atoms with van der Waals surface area (Å²) in [6, 6.07) is 21.5. The topological polar surface area (TPSA) is 62.2 Å². The summed E-state index contributed by atoms with van der Waals surface area (Å²) < 4.78 is 0. The summed E-state index contributed by atoms with van der Waals surface area (Å²) >= 11 is 6.16. The van der Waals surface area contributed by atoms with Gasteiger partial charge in [0.1, 0.15) is 10.8 Å². The van der Waals surface area contributed by atoms with Crippen molar-refractivity contribution in [3.05, 3.63) is 83.6 Å². The van der Waals surface area contributed by atoms with E-state index < -0.39 is 0 Å². The molecule has 2 aromatic heterocycles. The molecule has 1 aliphatic rings. The molecule has 0 atom stereocenters. The Balaban J connectivity index is 1.47. The van der Waals surface area contributed by atoms with E-state index in [1.807, 2.05) is 47.4 Å². The van der Waals surface area contributed by atoms with Gasteiger partial charge in [-0.1, -0.05) is 54.1 Å². The number of carbonyl (C=O) groups excluding carboxylic acids is 1. The summed E-state index contributed by atoms with van der Waals surface area (Å²) in [7, 11) is 0. The first-order valence-electron chi connectivity index (χ1n) is 10.7. The Morgan fingerprint density at radius 2 is 1.56 bits per heavy atom. The van der Waals surface area contributed by atoms with Crippen LogP contribution in [-0.4, -0.2) is 51.9 Å². The summed E-state index contributed by atoms with van der Waals surface area (Å²) in [5, 5.41) is 0.241. The molecule has 4 aromatic rings. The number of nitrogens with zero attached hydrogens (tertiary/aromatic N) is 5. The quantitative estimate of drug-likeness (QED) is 0.429. The Labute approximate surface area is 191 Å². The minimum absolute atomic E-state index is 0.0853. The van der Waals surface area contributed by atoms with Crippen LogP contribution in [0.15, 0.2) is 72.9 Å². The van der Waals surface area contributed by atoms with Crippen LogP contribution in [0.1, 0.15) is 16.8 Å². The van der Waals surface area contributed by atoms with Gasteiger partial charge < -0.3 is 9.80 Å². The van der Waals surface area contributed by atoms with Crippen molar-refractivity contribution in [2.24, 2.45) is 0 Å². The zero-order valence-corrected chi connectivity index (χ0v) is 18.2. The third kappa shape index (κ3) is 4.01. The zero-order chi connectivity index (χ0) is 21.9. The number of carbonyl (C=O) groups is 1. The van der Waals surface area contributed by atoms with Crippen molar-refractivity contribution in [3.8, 4) is 11.3 Å². The largest absolute Gasteiger partial charge is 0.353 e. The molecule has 0 N–H and O–H groups in total. The number of halogens is 1. The maximum Gasteiger partial charge on any atom is 0.257 e. The van der Waals surface area contributed by atoms with E-state index in [9.17, 15) is 4.79 Å². The van der Waals surface area contributed by atoms with Gasteiger partial charge in [0.15, 0.2) is 5.82 Å². The average Bonchev–Trinajstić information content (AvgIpc) is 3.10. The molecular formula is C25H22ClN5O. The number of anilines is 1. The van der Waals surface area contributed by atoms with Gasteiger partial charge >= 0.3 is 0 Å². The summed E-state index contributed by atoms with van der Waals surface area (Å²) in [6.45, 7) is 2.68. The number of hydrogen-bond acceptors (Lipinski definition) is 5. The summed E-state index contributed by atoms with van der Waals surface area (Å²) in [5.41, 5.74) is 4.06. The lowest BCUT2D eigenvalue weighted by Gasteiger charge is -2.25. The number of pyridine rings is 1. The highest BCUT2D eigenvalue weighted by molar-refractivity contribution is 6.32. The summed E-state index contributed by atoms with van der Waals surface area (Å²) in [6.07, 6.45) is 2.42. The lowest BCUT2D eigenvalue weighted by atomic mass is 10.1. The van der Waals surface area contributed by atoms with E-state index in [4.69, 9.17) is 21.6 Å². The Bertz CT molecular complexity index is 1260. The Morgan fingerprint density at radius 1 is 0.812 bits per heavy atom. The van der Waals surface area contributed by atoms with Gasteiger partial charge in [-0.05, 0) is 30.7 Å².